The smallest absolute Gasteiger partial charge is 0.391 e. The van der Waals surface area contributed by atoms with E-state index in [2.05, 4.69) is 15.9 Å². The van der Waals surface area contributed by atoms with E-state index < -0.39 is 30.1 Å². The van der Waals surface area contributed by atoms with Crippen LogP contribution >= 0.6 is 27.3 Å². The Balaban J connectivity index is 1.61. The van der Waals surface area contributed by atoms with Gasteiger partial charge in [-0.3, -0.25) is 4.79 Å². The highest BCUT2D eigenvalue weighted by Crippen LogP contribution is 2.44. The van der Waals surface area contributed by atoms with Gasteiger partial charge in [0.2, 0.25) is 0 Å². The van der Waals surface area contributed by atoms with Crippen molar-refractivity contribution in [2.24, 2.45) is 0 Å². The number of hydrogen-bond donors (Lipinski definition) is 1. The van der Waals surface area contributed by atoms with Crippen molar-refractivity contribution < 1.29 is 27.8 Å². The number of benzene rings is 1. The van der Waals surface area contributed by atoms with Gasteiger partial charge in [0.1, 0.15) is 11.4 Å². The molecule has 3 aromatic rings. The third kappa shape index (κ3) is 4.24. The maximum absolute atomic E-state index is 13.9. The molecular weight excluding hydrogens is 559 g/mol. The first kappa shape index (κ1) is 25.3. The number of hydrogen-bond acceptors (Lipinski definition) is 5. The summed E-state index contributed by atoms with van der Waals surface area (Å²) in [5.41, 5.74) is 2.10. The number of fused-ring (bicyclic) bond motifs is 3. The number of amides is 1. The van der Waals surface area contributed by atoms with Gasteiger partial charge in [-0.25, -0.2) is 4.98 Å². The number of imidazole rings is 1. The van der Waals surface area contributed by atoms with E-state index in [0.29, 0.717) is 30.8 Å². The van der Waals surface area contributed by atoms with Crippen LogP contribution in [0.2, 0.25) is 0 Å². The van der Waals surface area contributed by atoms with Crippen molar-refractivity contribution in [1.82, 2.24) is 14.5 Å². The zero-order valence-electron chi connectivity index (χ0n) is 19.7. The van der Waals surface area contributed by atoms with E-state index in [9.17, 15) is 23.1 Å². The summed E-state index contributed by atoms with van der Waals surface area (Å²) < 4.78 is 47.4. The molecule has 2 aliphatic rings. The fourth-order valence-electron chi connectivity index (χ4n) is 5.33. The minimum atomic E-state index is -4.53. The van der Waals surface area contributed by atoms with Crippen molar-refractivity contribution in [3.05, 3.63) is 45.5 Å². The highest BCUT2D eigenvalue weighted by atomic mass is 79.9. The molecule has 0 spiro atoms. The number of aromatic nitrogens is 2. The zero-order chi connectivity index (χ0) is 25.8. The molecule has 1 aromatic carbocycles. The number of thiophene rings is 1. The summed E-state index contributed by atoms with van der Waals surface area (Å²) in [5.74, 6) is 0.428. The van der Waals surface area contributed by atoms with Gasteiger partial charge in [0.15, 0.2) is 5.82 Å². The Kier molecular flexibility index (Phi) is 6.45. The zero-order valence-corrected chi connectivity index (χ0v) is 22.1. The molecule has 0 unspecified atom stereocenters. The Morgan fingerprint density at radius 1 is 1.36 bits per heavy atom. The van der Waals surface area contributed by atoms with Crippen molar-refractivity contribution in [3.63, 3.8) is 0 Å². The van der Waals surface area contributed by atoms with Gasteiger partial charge in [0, 0.05) is 18.7 Å². The molecule has 0 saturated carbocycles. The van der Waals surface area contributed by atoms with E-state index in [1.165, 1.54) is 23.2 Å². The van der Waals surface area contributed by atoms with Crippen LogP contribution in [0, 0.1) is 0 Å². The first-order chi connectivity index (χ1) is 17.0. The third-order valence-corrected chi connectivity index (χ3v) is 8.72. The van der Waals surface area contributed by atoms with E-state index in [-0.39, 0.29) is 18.8 Å². The first-order valence-corrected chi connectivity index (χ1v) is 13.3. The van der Waals surface area contributed by atoms with Crippen LogP contribution in [0.4, 0.5) is 13.2 Å². The number of halogens is 4. The van der Waals surface area contributed by atoms with E-state index in [1.54, 1.807) is 7.11 Å². The quantitative estimate of drug-likeness (QED) is 0.405. The third-order valence-electron chi connectivity index (χ3n) is 7.22. The van der Waals surface area contributed by atoms with Crippen molar-refractivity contribution in [2.75, 3.05) is 13.7 Å². The standard InChI is InChI=1S/C25H25BrF3N3O3S/c1-24(19(33)13-25(27,28)29)7-4-8-32(24)23(34)22-30-20(18-5-3-10-36-18)21-15-12-16(26)17(35-2)11-14(15)6-9-31(21)22/h3,5,10-12,19,33H,4,6-9,13H2,1-2H3/t19-,24+/m1/s1. The molecule has 6 nitrogen and oxygen atoms in total. The lowest BCUT2D eigenvalue weighted by Crippen LogP contribution is -2.54. The Morgan fingerprint density at radius 3 is 2.81 bits per heavy atom. The molecule has 0 radical (unpaired) electrons. The van der Waals surface area contributed by atoms with Crippen molar-refractivity contribution in [1.29, 1.82) is 0 Å². The topological polar surface area (TPSA) is 67.6 Å². The number of aliphatic hydroxyl groups is 1. The van der Waals surface area contributed by atoms with Crippen molar-refractivity contribution >= 4 is 33.2 Å². The largest absolute Gasteiger partial charge is 0.496 e. The molecule has 36 heavy (non-hydrogen) atoms. The number of nitrogens with zero attached hydrogens (tertiary/aromatic N) is 3. The van der Waals surface area contributed by atoms with Crippen LogP contribution in [-0.2, 0) is 13.0 Å². The Bertz CT molecular complexity index is 1310. The number of aryl methyl sites for hydroxylation is 1. The van der Waals surface area contributed by atoms with Crippen LogP contribution in [0.3, 0.4) is 0 Å². The number of methoxy groups -OCH3 is 1. The molecule has 0 bridgehead atoms. The maximum atomic E-state index is 13.9. The molecule has 2 atom stereocenters. The molecule has 192 valence electrons. The lowest BCUT2D eigenvalue weighted by atomic mass is 9.89. The summed E-state index contributed by atoms with van der Waals surface area (Å²) in [6, 6.07) is 7.77. The molecule has 1 N–H and O–H groups in total. The first-order valence-electron chi connectivity index (χ1n) is 11.6. The van der Waals surface area contributed by atoms with E-state index in [4.69, 9.17) is 9.72 Å². The maximum Gasteiger partial charge on any atom is 0.391 e. The number of ether oxygens (including phenoxy) is 1. The number of alkyl halides is 3. The predicted octanol–water partition coefficient (Wildman–Crippen LogP) is 5.91. The SMILES string of the molecule is COc1cc2c(cc1Br)-c1c(-c3cccs3)nc(C(=O)N3CCC[C@@]3(C)[C@H](O)CC(F)(F)F)n1CC2. The van der Waals surface area contributed by atoms with Crippen LogP contribution < -0.4 is 4.74 Å². The summed E-state index contributed by atoms with van der Waals surface area (Å²) in [4.78, 5) is 20.9. The number of likely N-dealkylation sites (tertiary alicyclic amines) is 1. The van der Waals surface area contributed by atoms with Gasteiger partial charge in [0.05, 0.1) is 40.2 Å². The van der Waals surface area contributed by atoms with Gasteiger partial charge in [0.25, 0.3) is 5.91 Å². The van der Waals surface area contributed by atoms with Crippen molar-refractivity contribution in [2.45, 2.75) is 57.0 Å². The molecule has 1 saturated heterocycles. The number of aliphatic hydroxyl groups excluding tert-OH is 1. The van der Waals surface area contributed by atoms with Gasteiger partial charge in [-0.05, 0) is 71.3 Å². The number of carbonyl (C=O) groups is 1. The van der Waals surface area contributed by atoms with Crippen LogP contribution in [-0.4, -0.2) is 56.9 Å². The Morgan fingerprint density at radius 2 is 2.14 bits per heavy atom. The molecule has 1 amide bonds. The second kappa shape index (κ2) is 9.18. The van der Waals surface area contributed by atoms with Gasteiger partial charge in [-0.1, -0.05) is 6.07 Å². The Labute approximate surface area is 218 Å². The molecule has 4 heterocycles. The van der Waals surface area contributed by atoms with E-state index in [1.807, 2.05) is 34.2 Å². The molecule has 0 aliphatic carbocycles. The molecule has 2 aliphatic heterocycles. The van der Waals surface area contributed by atoms with Crippen LogP contribution in [0.15, 0.2) is 34.1 Å². The lowest BCUT2D eigenvalue weighted by Gasteiger charge is -2.39. The molecule has 11 heteroatoms. The van der Waals surface area contributed by atoms with Gasteiger partial charge >= 0.3 is 6.18 Å². The highest BCUT2D eigenvalue weighted by molar-refractivity contribution is 9.10. The molecule has 2 aromatic heterocycles. The van der Waals surface area contributed by atoms with E-state index >= 15 is 0 Å². The average Bonchev–Trinajstić information content (AvgIpc) is 3.55. The second-order valence-electron chi connectivity index (χ2n) is 9.41. The van der Waals surface area contributed by atoms with Crippen molar-refractivity contribution in [3.8, 4) is 27.6 Å². The summed E-state index contributed by atoms with van der Waals surface area (Å²) in [5, 5.41) is 12.5. The monoisotopic (exact) mass is 583 g/mol. The fourth-order valence-corrected chi connectivity index (χ4v) is 6.55. The average molecular weight is 584 g/mol. The minimum Gasteiger partial charge on any atom is -0.496 e. The highest BCUT2D eigenvalue weighted by Gasteiger charge is 2.50. The predicted molar refractivity (Wildman–Crippen MR) is 134 cm³/mol. The summed E-state index contributed by atoms with van der Waals surface area (Å²) in [6.45, 7) is 2.29. The molecular formula is C25H25BrF3N3O3S. The van der Waals surface area contributed by atoms with Gasteiger partial charge in [-0.15, -0.1) is 11.3 Å². The fraction of sp³-hybridized carbons (Fsp3) is 0.440. The number of carbonyl (C=O) groups excluding carboxylic acids is 1. The van der Waals surface area contributed by atoms with Crippen LogP contribution in [0.25, 0.3) is 21.8 Å². The van der Waals surface area contributed by atoms with Crippen LogP contribution in [0.1, 0.15) is 42.4 Å². The summed E-state index contributed by atoms with van der Waals surface area (Å²) in [7, 11) is 1.60. The molecule has 1 fully saturated rings. The number of rotatable bonds is 5. The second-order valence-corrected chi connectivity index (χ2v) is 11.2. The summed E-state index contributed by atoms with van der Waals surface area (Å²) in [6.07, 6.45) is -6.18. The normalized spacial score (nSPS) is 20.2. The minimum absolute atomic E-state index is 0.179. The van der Waals surface area contributed by atoms with E-state index in [0.717, 1.165) is 26.2 Å². The summed E-state index contributed by atoms with van der Waals surface area (Å²) >= 11 is 5.06. The van der Waals surface area contributed by atoms with Gasteiger partial charge in [-0.2, -0.15) is 13.2 Å². The van der Waals surface area contributed by atoms with Crippen LogP contribution in [0.5, 0.6) is 5.75 Å². The lowest BCUT2D eigenvalue weighted by molar-refractivity contribution is -0.166. The molecule has 5 rings (SSSR count). The Hall–Kier alpha value is -2.37. The van der Waals surface area contributed by atoms with Gasteiger partial charge < -0.3 is 19.3 Å².